The molecular weight excluding hydrogens is 262 g/mol. The SMILES string of the molecule is Cc1cc(C)n(Cc2cccc(NC=C(C#N)C#N)c2)n1. The van der Waals surface area contributed by atoms with Gasteiger partial charge < -0.3 is 5.32 Å². The molecule has 0 aliphatic carbocycles. The number of allylic oxidation sites excluding steroid dienone is 1. The minimum Gasteiger partial charge on any atom is -0.360 e. The number of nitrogens with one attached hydrogen (secondary N) is 1. The molecular formula is C16H15N5. The highest BCUT2D eigenvalue weighted by molar-refractivity contribution is 5.50. The van der Waals surface area contributed by atoms with Crippen molar-refractivity contribution < 1.29 is 0 Å². The first-order chi connectivity index (χ1) is 10.1. The molecule has 5 heteroatoms. The number of hydrogen-bond donors (Lipinski definition) is 1. The molecule has 0 saturated heterocycles. The summed E-state index contributed by atoms with van der Waals surface area (Å²) in [6.07, 6.45) is 1.41. The predicted molar refractivity (Wildman–Crippen MR) is 80.2 cm³/mol. The number of rotatable bonds is 4. The van der Waals surface area contributed by atoms with Crippen molar-refractivity contribution in [2.75, 3.05) is 5.32 Å². The first-order valence-electron chi connectivity index (χ1n) is 6.49. The van der Waals surface area contributed by atoms with Crippen molar-refractivity contribution in [1.82, 2.24) is 9.78 Å². The Bertz CT molecular complexity index is 740. The summed E-state index contributed by atoms with van der Waals surface area (Å²) in [6.45, 7) is 4.68. The molecule has 0 aliphatic heterocycles. The van der Waals surface area contributed by atoms with Crippen molar-refractivity contribution in [3.8, 4) is 12.1 Å². The molecule has 5 nitrogen and oxygen atoms in total. The summed E-state index contributed by atoms with van der Waals surface area (Å²) in [5, 5.41) is 24.8. The number of aromatic nitrogens is 2. The van der Waals surface area contributed by atoms with Crippen LogP contribution in [0.2, 0.25) is 0 Å². The first-order valence-corrected chi connectivity index (χ1v) is 6.49. The van der Waals surface area contributed by atoms with Gasteiger partial charge in [-0.3, -0.25) is 4.68 Å². The minimum absolute atomic E-state index is 0.0407. The van der Waals surface area contributed by atoms with Crippen LogP contribution in [0.25, 0.3) is 0 Å². The lowest BCUT2D eigenvalue weighted by Crippen LogP contribution is -2.04. The molecule has 1 aromatic carbocycles. The normalized spacial score (nSPS) is 9.52. The van der Waals surface area contributed by atoms with E-state index in [0.717, 1.165) is 22.6 Å². The maximum Gasteiger partial charge on any atom is 0.145 e. The highest BCUT2D eigenvalue weighted by Crippen LogP contribution is 2.13. The molecule has 0 fully saturated rings. The van der Waals surface area contributed by atoms with Crippen molar-refractivity contribution in [1.29, 1.82) is 10.5 Å². The topological polar surface area (TPSA) is 77.4 Å². The fourth-order valence-corrected chi connectivity index (χ4v) is 2.01. The van der Waals surface area contributed by atoms with Crippen molar-refractivity contribution in [3.63, 3.8) is 0 Å². The van der Waals surface area contributed by atoms with Gasteiger partial charge in [0.15, 0.2) is 0 Å². The zero-order valence-electron chi connectivity index (χ0n) is 12.0. The fraction of sp³-hybridized carbons (Fsp3) is 0.188. The van der Waals surface area contributed by atoms with Gasteiger partial charge in [-0.2, -0.15) is 15.6 Å². The summed E-state index contributed by atoms with van der Waals surface area (Å²) in [4.78, 5) is 0. The van der Waals surface area contributed by atoms with Crippen LogP contribution in [-0.2, 0) is 6.54 Å². The third-order valence-corrected chi connectivity index (χ3v) is 2.99. The number of aryl methyl sites for hydroxylation is 2. The van der Waals surface area contributed by atoms with Gasteiger partial charge in [0.05, 0.1) is 12.2 Å². The standard InChI is InChI=1S/C16H15N5/c1-12-6-13(2)21(20-12)11-14-4-3-5-16(7-14)19-10-15(8-17)9-18/h3-7,10,19H,11H2,1-2H3. The predicted octanol–water partition coefficient (Wildman–Crippen LogP) is 2.89. The Kier molecular flexibility index (Phi) is 4.38. The van der Waals surface area contributed by atoms with E-state index in [1.54, 1.807) is 0 Å². The highest BCUT2D eigenvalue weighted by atomic mass is 15.3. The van der Waals surface area contributed by atoms with Crippen LogP contribution >= 0.6 is 0 Å². The summed E-state index contributed by atoms with van der Waals surface area (Å²) < 4.78 is 1.94. The Morgan fingerprint density at radius 2 is 2.05 bits per heavy atom. The number of benzene rings is 1. The van der Waals surface area contributed by atoms with E-state index in [2.05, 4.69) is 10.4 Å². The van der Waals surface area contributed by atoms with Gasteiger partial charge in [-0.15, -0.1) is 0 Å². The third kappa shape index (κ3) is 3.71. The summed E-state index contributed by atoms with van der Waals surface area (Å²) in [7, 11) is 0. The van der Waals surface area contributed by atoms with Crippen LogP contribution in [0.3, 0.4) is 0 Å². The molecule has 1 heterocycles. The summed E-state index contributed by atoms with van der Waals surface area (Å²) >= 11 is 0. The summed E-state index contributed by atoms with van der Waals surface area (Å²) in [6, 6.07) is 13.5. The number of hydrogen-bond acceptors (Lipinski definition) is 4. The lowest BCUT2D eigenvalue weighted by molar-refractivity contribution is 0.659. The van der Waals surface area contributed by atoms with Gasteiger partial charge in [-0.1, -0.05) is 12.1 Å². The summed E-state index contributed by atoms with van der Waals surface area (Å²) in [5.74, 6) is 0. The van der Waals surface area contributed by atoms with Gasteiger partial charge in [-0.25, -0.2) is 0 Å². The van der Waals surface area contributed by atoms with Crippen molar-refractivity contribution in [2.45, 2.75) is 20.4 Å². The van der Waals surface area contributed by atoms with Gasteiger partial charge in [0.25, 0.3) is 0 Å². The van der Waals surface area contributed by atoms with Gasteiger partial charge >= 0.3 is 0 Å². The van der Waals surface area contributed by atoms with E-state index in [-0.39, 0.29) is 5.57 Å². The lowest BCUT2D eigenvalue weighted by atomic mass is 10.2. The molecule has 0 amide bonds. The molecule has 2 aromatic rings. The van der Waals surface area contributed by atoms with Crippen LogP contribution < -0.4 is 5.32 Å². The number of anilines is 1. The molecule has 1 N–H and O–H groups in total. The van der Waals surface area contributed by atoms with Crippen molar-refractivity contribution >= 4 is 5.69 Å². The fourth-order valence-electron chi connectivity index (χ4n) is 2.01. The maximum absolute atomic E-state index is 8.69. The molecule has 21 heavy (non-hydrogen) atoms. The lowest BCUT2D eigenvalue weighted by Gasteiger charge is -2.07. The molecule has 0 spiro atoms. The number of nitrogens with zero attached hydrogens (tertiary/aromatic N) is 4. The Hall–Kier alpha value is -3.05. The second kappa shape index (κ2) is 6.40. The molecule has 2 rings (SSSR count). The molecule has 0 saturated carbocycles. The van der Waals surface area contributed by atoms with E-state index in [1.165, 1.54) is 6.20 Å². The largest absolute Gasteiger partial charge is 0.360 e. The summed E-state index contributed by atoms with van der Waals surface area (Å²) in [5.41, 5.74) is 4.07. The van der Waals surface area contributed by atoms with E-state index in [0.29, 0.717) is 6.54 Å². The third-order valence-electron chi connectivity index (χ3n) is 2.99. The second-order valence-corrected chi connectivity index (χ2v) is 4.71. The Balaban J connectivity index is 2.15. The maximum atomic E-state index is 8.69. The Morgan fingerprint density at radius 1 is 1.29 bits per heavy atom. The van der Waals surface area contributed by atoms with E-state index in [1.807, 2.05) is 61.0 Å². The Morgan fingerprint density at radius 3 is 2.67 bits per heavy atom. The van der Waals surface area contributed by atoms with Crippen LogP contribution in [0.5, 0.6) is 0 Å². The van der Waals surface area contributed by atoms with Gasteiger partial charge in [0.2, 0.25) is 0 Å². The van der Waals surface area contributed by atoms with E-state index < -0.39 is 0 Å². The first kappa shape index (κ1) is 14.4. The van der Waals surface area contributed by atoms with Gasteiger partial charge in [0.1, 0.15) is 17.7 Å². The minimum atomic E-state index is 0.0407. The molecule has 0 atom stereocenters. The van der Waals surface area contributed by atoms with E-state index in [4.69, 9.17) is 10.5 Å². The smallest absolute Gasteiger partial charge is 0.145 e. The van der Waals surface area contributed by atoms with Gasteiger partial charge in [0, 0.05) is 17.6 Å². The molecule has 104 valence electrons. The highest BCUT2D eigenvalue weighted by Gasteiger charge is 2.02. The van der Waals surface area contributed by atoms with E-state index in [9.17, 15) is 0 Å². The van der Waals surface area contributed by atoms with Crippen LogP contribution in [0.1, 0.15) is 17.0 Å². The Labute approximate surface area is 123 Å². The van der Waals surface area contributed by atoms with E-state index >= 15 is 0 Å². The van der Waals surface area contributed by atoms with Crippen LogP contribution in [0, 0.1) is 36.5 Å². The van der Waals surface area contributed by atoms with Crippen LogP contribution in [0.15, 0.2) is 42.1 Å². The monoisotopic (exact) mass is 277 g/mol. The van der Waals surface area contributed by atoms with Crippen LogP contribution in [-0.4, -0.2) is 9.78 Å². The zero-order valence-corrected chi connectivity index (χ0v) is 12.0. The van der Waals surface area contributed by atoms with Gasteiger partial charge in [-0.05, 0) is 37.6 Å². The van der Waals surface area contributed by atoms with Crippen molar-refractivity contribution in [3.05, 3.63) is 59.1 Å². The quantitative estimate of drug-likeness (QED) is 0.872. The average molecular weight is 277 g/mol. The second-order valence-electron chi connectivity index (χ2n) is 4.71. The van der Waals surface area contributed by atoms with Crippen LogP contribution in [0.4, 0.5) is 5.69 Å². The molecule has 0 bridgehead atoms. The molecule has 0 radical (unpaired) electrons. The molecule has 1 aromatic heterocycles. The molecule has 0 unspecified atom stereocenters. The van der Waals surface area contributed by atoms with Crippen molar-refractivity contribution in [2.24, 2.45) is 0 Å². The zero-order chi connectivity index (χ0) is 15.2. The number of nitriles is 2. The average Bonchev–Trinajstić information content (AvgIpc) is 2.78. The molecule has 0 aliphatic rings.